The van der Waals surface area contributed by atoms with Crippen molar-refractivity contribution in [2.45, 2.75) is 0 Å². The van der Waals surface area contributed by atoms with Crippen LogP contribution in [0.1, 0.15) is 0 Å². The summed E-state index contributed by atoms with van der Waals surface area (Å²) in [5.74, 6) is 0. The number of benzene rings is 9. The average Bonchev–Trinajstić information content (AvgIpc) is 3.82. The molecule has 0 aliphatic carbocycles. The van der Waals surface area contributed by atoms with Gasteiger partial charge < -0.3 is 4.90 Å². The molecule has 11 rings (SSSR count). The van der Waals surface area contributed by atoms with Gasteiger partial charge in [-0.25, -0.2) is 0 Å². The van der Waals surface area contributed by atoms with Crippen molar-refractivity contribution < 1.29 is 0 Å². The van der Waals surface area contributed by atoms with Gasteiger partial charge in [0.05, 0.1) is 5.69 Å². The highest BCUT2D eigenvalue weighted by molar-refractivity contribution is 7.26. The molecule has 11 aromatic rings. The summed E-state index contributed by atoms with van der Waals surface area (Å²) in [6, 6.07) is 73.5. The van der Waals surface area contributed by atoms with Crippen molar-refractivity contribution in [3.8, 4) is 33.4 Å². The van der Waals surface area contributed by atoms with Gasteiger partial charge in [0.1, 0.15) is 0 Å². The number of rotatable bonds is 6. The molecule has 0 N–H and O–H groups in total. The Morgan fingerprint density at radius 2 is 0.891 bits per heavy atom. The minimum absolute atomic E-state index is 1.11. The first-order valence-electron chi connectivity index (χ1n) is 18.7. The van der Waals surface area contributed by atoms with Gasteiger partial charge in [0, 0.05) is 57.3 Å². The van der Waals surface area contributed by atoms with Crippen LogP contribution < -0.4 is 4.90 Å². The van der Waals surface area contributed by atoms with Gasteiger partial charge in [-0.15, -0.1) is 22.7 Å². The average molecular weight is 736 g/mol. The van der Waals surface area contributed by atoms with E-state index in [0.29, 0.717) is 0 Å². The number of nitrogens with zero attached hydrogens (tertiary/aromatic N) is 1. The zero-order valence-corrected chi connectivity index (χ0v) is 31.4. The Labute approximate surface area is 327 Å². The van der Waals surface area contributed by atoms with Crippen LogP contribution in [0.3, 0.4) is 0 Å². The number of hydrogen-bond donors (Lipinski definition) is 0. The molecule has 0 unspecified atom stereocenters. The van der Waals surface area contributed by atoms with Crippen molar-refractivity contribution in [3.05, 3.63) is 200 Å². The molecule has 0 spiro atoms. The highest BCUT2D eigenvalue weighted by atomic mass is 32.1. The Kier molecular flexibility index (Phi) is 7.61. The fourth-order valence-corrected chi connectivity index (χ4v) is 10.6. The molecule has 258 valence electrons. The van der Waals surface area contributed by atoms with Gasteiger partial charge in [0.2, 0.25) is 0 Å². The Balaban J connectivity index is 1.10. The molecule has 0 bridgehead atoms. The fraction of sp³-hybridized carbons (Fsp3) is 0. The summed E-state index contributed by atoms with van der Waals surface area (Å²) in [6.07, 6.45) is 0. The second kappa shape index (κ2) is 13.1. The second-order valence-corrected chi connectivity index (χ2v) is 16.2. The van der Waals surface area contributed by atoms with Crippen molar-refractivity contribution in [2.75, 3.05) is 4.90 Å². The van der Waals surface area contributed by atoms with E-state index in [1.54, 1.807) is 0 Å². The van der Waals surface area contributed by atoms with Gasteiger partial charge in [0.25, 0.3) is 0 Å². The molecular formula is C52H33NS2. The van der Waals surface area contributed by atoms with E-state index in [9.17, 15) is 0 Å². The van der Waals surface area contributed by atoms with E-state index in [-0.39, 0.29) is 0 Å². The van der Waals surface area contributed by atoms with Gasteiger partial charge in [-0.05, 0) is 93.2 Å². The van der Waals surface area contributed by atoms with E-state index in [0.717, 1.165) is 17.1 Å². The zero-order chi connectivity index (χ0) is 36.3. The molecule has 0 aliphatic rings. The molecule has 3 heteroatoms. The zero-order valence-electron chi connectivity index (χ0n) is 29.8. The molecule has 9 aromatic carbocycles. The Morgan fingerprint density at radius 3 is 1.78 bits per heavy atom. The first kappa shape index (κ1) is 32.0. The maximum Gasteiger partial charge on any atom is 0.0540 e. The second-order valence-electron chi connectivity index (χ2n) is 14.1. The van der Waals surface area contributed by atoms with Crippen molar-refractivity contribution >= 4 is 90.9 Å². The Bertz CT molecular complexity index is 3220. The topological polar surface area (TPSA) is 3.24 Å². The SMILES string of the molecule is c1cc(-c2ccc3c(c2)sc2ccccc23)cc(N(c2ccc(-c3cccc4ccccc34)cc2)c2ccccc2-c2cccc3sc4ccccc4c23)c1. The minimum Gasteiger partial charge on any atom is -0.310 e. The third-order valence-corrected chi connectivity index (χ3v) is 13.1. The molecule has 0 fully saturated rings. The molecule has 0 radical (unpaired) electrons. The third kappa shape index (κ3) is 5.43. The lowest BCUT2D eigenvalue weighted by Crippen LogP contribution is -2.11. The van der Waals surface area contributed by atoms with Crippen LogP contribution >= 0.6 is 22.7 Å². The normalized spacial score (nSPS) is 11.6. The molecule has 2 aromatic heterocycles. The molecule has 0 saturated carbocycles. The van der Waals surface area contributed by atoms with Gasteiger partial charge in [-0.2, -0.15) is 0 Å². The maximum atomic E-state index is 2.44. The maximum absolute atomic E-state index is 2.44. The Hall–Kier alpha value is -6.52. The Morgan fingerprint density at radius 1 is 0.309 bits per heavy atom. The predicted molar refractivity (Wildman–Crippen MR) is 241 cm³/mol. The highest BCUT2D eigenvalue weighted by Gasteiger charge is 2.20. The van der Waals surface area contributed by atoms with E-state index in [4.69, 9.17) is 0 Å². The van der Waals surface area contributed by atoms with Gasteiger partial charge >= 0.3 is 0 Å². The first-order chi connectivity index (χ1) is 27.3. The van der Waals surface area contributed by atoms with E-state index < -0.39 is 0 Å². The summed E-state index contributed by atoms with van der Waals surface area (Å²) >= 11 is 3.73. The summed E-state index contributed by atoms with van der Waals surface area (Å²) < 4.78 is 5.25. The van der Waals surface area contributed by atoms with Crippen molar-refractivity contribution in [3.63, 3.8) is 0 Å². The molecule has 0 atom stereocenters. The molecule has 0 saturated heterocycles. The molecule has 1 nitrogen and oxygen atoms in total. The number of hydrogen-bond acceptors (Lipinski definition) is 3. The van der Waals surface area contributed by atoms with E-state index in [2.05, 4.69) is 205 Å². The monoisotopic (exact) mass is 735 g/mol. The van der Waals surface area contributed by atoms with Gasteiger partial charge in [0.15, 0.2) is 0 Å². The standard InChI is InChI=1S/C52H33NS2/c1-2-16-40-34(12-1)13-10-20-41(40)35-26-29-38(30-27-35)53(39-15-9-14-36(32-39)37-28-31-44-43-18-4-7-23-48(43)55-51(44)33-37)47-22-6-3-17-42(47)45-21-11-25-50-52(45)46-19-5-8-24-49(46)54-50/h1-33H. The highest BCUT2D eigenvalue weighted by Crippen LogP contribution is 2.47. The molecule has 0 aliphatic heterocycles. The third-order valence-electron chi connectivity index (χ3n) is 10.9. The molecule has 55 heavy (non-hydrogen) atoms. The molecular weight excluding hydrogens is 703 g/mol. The van der Waals surface area contributed by atoms with Crippen LogP contribution in [0, 0.1) is 0 Å². The van der Waals surface area contributed by atoms with Crippen LogP contribution in [0.2, 0.25) is 0 Å². The summed E-state index contributed by atoms with van der Waals surface area (Å²) in [5, 5.41) is 7.77. The van der Waals surface area contributed by atoms with Crippen LogP contribution in [-0.4, -0.2) is 0 Å². The molecule has 0 amide bonds. The van der Waals surface area contributed by atoms with Gasteiger partial charge in [-0.1, -0.05) is 146 Å². The quantitative estimate of drug-likeness (QED) is 0.164. The van der Waals surface area contributed by atoms with Crippen molar-refractivity contribution in [1.82, 2.24) is 0 Å². The minimum atomic E-state index is 1.11. The summed E-state index contributed by atoms with van der Waals surface area (Å²) in [4.78, 5) is 2.44. The lowest BCUT2D eigenvalue weighted by molar-refractivity contribution is 1.28. The summed E-state index contributed by atoms with van der Waals surface area (Å²) in [5.41, 5.74) is 10.7. The number of para-hydroxylation sites is 1. The predicted octanol–water partition coefficient (Wildman–Crippen LogP) is 16.0. The first-order valence-corrected chi connectivity index (χ1v) is 20.3. The smallest absolute Gasteiger partial charge is 0.0540 e. The van der Waals surface area contributed by atoms with E-state index in [1.807, 2.05) is 22.7 Å². The summed E-state index contributed by atoms with van der Waals surface area (Å²) in [6.45, 7) is 0. The van der Waals surface area contributed by atoms with E-state index >= 15 is 0 Å². The fourth-order valence-electron chi connectivity index (χ4n) is 8.32. The van der Waals surface area contributed by atoms with Crippen LogP contribution in [-0.2, 0) is 0 Å². The van der Waals surface area contributed by atoms with Crippen LogP contribution in [0.5, 0.6) is 0 Å². The van der Waals surface area contributed by atoms with Crippen molar-refractivity contribution in [2.24, 2.45) is 0 Å². The largest absolute Gasteiger partial charge is 0.310 e. The van der Waals surface area contributed by atoms with Crippen LogP contribution in [0.25, 0.3) is 84.5 Å². The number of thiophene rings is 2. The van der Waals surface area contributed by atoms with E-state index in [1.165, 1.54) is 84.5 Å². The van der Waals surface area contributed by atoms with Crippen molar-refractivity contribution in [1.29, 1.82) is 0 Å². The lowest BCUT2D eigenvalue weighted by Gasteiger charge is -2.28. The number of fused-ring (bicyclic) bond motifs is 7. The summed E-state index contributed by atoms with van der Waals surface area (Å²) in [7, 11) is 0. The van der Waals surface area contributed by atoms with Crippen LogP contribution in [0.4, 0.5) is 17.1 Å². The number of anilines is 3. The lowest BCUT2D eigenvalue weighted by atomic mass is 9.96. The van der Waals surface area contributed by atoms with Gasteiger partial charge in [-0.3, -0.25) is 0 Å². The molecule has 2 heterocycles. The van der Waals surface area contributed by atoms with Crippen LogP contribution in [0.15, 0.2) is 200 Å².